The summed E-state index contributed by atoms with van der Waals surface area (Å²) in [6, 6.07) is 110. The minimum absolute atomic E-state index is 0. The van der Waals surface area contributed by atoms with Crippen LogP contribution in [-0.4, -0.2) is 84.1 Å². The third-order valence-electron chi connectivity index (χ3n) is 26.6. The number of aryl methyl sites for hydroxylation is 4. The summed E-state index contributed by atoms with van der Waals surface area (Å²) >= 11 is -0.826. The number of aromatic nitrogens is 4. The van der Waals surface area contributed by atoms with Crippen molar-refractivity contribution in [2.75, 3.05) is 26.4 Å². The fraction of sp³-hybridized carbons (Fsp3) is 0.218. The van der Waals surface area contributed by atoms with Gasteiger partial charge in [-0.15, -0.1) is 0 Å². The largest absolute Gasteiger partial charge is 0 e. The third kappa shape index (κ3) is 20.0. The second-order valence-corrected chi connectivity index (χ2v) is 44.2. The van der Waals surface area contributed by atoms with Gasteiger partial charge in [-0.25, -0.2) is 0 Å². The summed E-state index contributed by atoms with van der Waals surface area (Å²) < 4.78 is 29.6. The summed E-state index contributed by atoms with van der Waals surface area (Å²) in [5.74, 6) is 4.23. The van der Waals surface area contributed by atoms with Gasteiger partial charge in [-0.05, 0) is 239 Å². The Hall–Kier alpha value is -12.5. The van der Waals surface area contributed by atoms with Crippen LogP contribution in [0, 0.1) is 34.6 Å². The van der Waals surface area contributed by atoms with Crippen molar-refractivity contribution in [3.8, 4) is 113 Å². The first kappa shape index (κ1) is 100. The molecule has 0 aliphatic heterocycles. The molecular formula is C124H125Cl2N4O8Zr2+3. The fourth-order valence-corrected chi connectivity index (χ4v) is 19.6. The molecule has 0 aliphatic carbocycles. The van der Waals surface area contributed by atoms with E-state index in [1.807, 2.05) is 0 Å². The zero-order valence-electron chi connectivity index (χ0n) is 83.1. The molecule has 0 amide bonds. The van der Waals surface area contributed by atoms with Crippen LogP contribution >= 0.6 is 17.0 Å². The zero-order chi connectivity index (χ0) is 98.3. The van der Waals surface area contributed by atoms with Crippen molar-refractivity contribution in [3.63, 3.8) is 0 Å². The Labute approximate surface area is 860 Å². The van der Waals surface area contributed by atoms with Crippen LogP contribution in [-0.2, 0) is 68.7 Å². The number of benzene rings is 16. The van der Waals surface area contributed by atoms with Crippen molar-refractivity contribution in [3.05, 3.63) is 367 Å². The van der Waals surface area contributed by atoms with E-state index in [4.69, 9.17) is 36.0 Å². The van der Waals surface area contributed by atoms with Crippen LogP contribution < -0.4 is 0 Å². The molecule has 0 radical (unpaired) electrons. The van der Waals surface area contributed by atoms with E-state index in [2.05, 4.69) is 451 Å². The van der Waals surface area contributed by atoms with E-state index in [9.17, 15) is 20.4 Å². The Morgan fingerprint density at radius 3 is 0.557 bits per heavy atom. The maximum Gasteiger partial charge on any atom is 0 e. The molecule has 0 aliphatic rings. The second kappa shape index (κ2) is 41.7. The number of fused-ring (bicyclic) bond motifs is 12. The van der Waals surface area contributed by atoms with Gasteiger partial charge in [0.05, 0.1) is 89.1 Å². The maximum atomic E-state index is 12.4. The van der Waals surface area contributed by atoms with E-state index in [0.717, 1.165) is 200 Å². The molecule has 20 rings (SSSR count). The smallest absolute Gasteiger partial charge is 0 e. The zero-order valence-corrected chi connectivity index (χ0v) is 89.5. The van der Waals surface area contributed by atoms with Gasteiger partial charge in [-0.2, -0.15) is 6.92 Å². The molecule has 0 bridgehead atoms. The maximum absolute atomic E-state index is 12.4. The Morgan fingerprint density at radius 2 is 0.400 bits per heavy atom. The number of phenols is 4. The van der Waals surface area contributed by atoms with Crippen LogP contribution in [0.1, 0.15) is 147 Å². The molecule has 0 fully saturated rings. The molecule has 708 valence electrons. The van der Waals surface area contributed by atoms with Gasteiger partial charge in [0.15, 0.2) is 26.4 Å². The molecule has 16 heteroatoms. The molecule has 140 heavy (non-hydrogen) atoms. The van der Waals surface area contributed by atoms with Crippen molar-refractivity contribution < 1.29 is 86.4 Å². The molecule has 0 saturated carbocycles. The summed E-state index contributed by atoms with van der Waals surface area (Å²) in [6.45, 7) is 42.1. The topological polar surface area (TPSA) is 152 Å². The Bertz CT molecular complexity index is 6880. The van der Waals surface area contributed by atoms with Crippen molar-refractivity contribution in [2.45, 2.75) is 152 Å². The van der Waals surface area contributed by atoms with Crippen molar-refractivity contribution in [1.29, 1.82) is 0 Å². The normalized spacial score (nSPS) is 11.8. The molecule has 8 N–H and O–H groups in total. The Morgan fingerprint density at radius 1 is 0.243 bits per heavy atom. The molecule has 20 aromatic rings. The number of rotatable bonds is 20. The minimum Gasteiger partial charge on any atom is 0 e. The molecule has 4 heterocycles. The van der Waals surface area contributed by atoms with E-state index in [1.54, 1.807) is 6.92 Å². The van der Waals surface area contributed by atoms with Gasteiger partial charge in [0.2, 0.25) is 0 Å². The molecule has 4 aromatic heterocycles. The molecule has 0 unspecified atom stereocenters. The first-order chi connectivity index (χ1) is 66.7. The summed E-state index contributed by atoms with van der Waals surface area (Å²) in [7, 11) is 9.87. The number of hydrogen-bond acceptors (Lipinski definition) is 4. The summed E-state index contributed by atoms with van der Waals surface area (Å²) in [4.78, 5) is 0. The summed E-state index contributed by atoms with van der Waals surface area (Å²) in [6.07, 6.45) is 1.42. The van der Waals surface area contributed by atoms with Gasteiger partial charge in [-0.1, -0.05) is 229 Å². The predicted molar refractivity (Wildman–Crippen MR) is 583 cm³/mol. The Balaban J connectivity index is 0.000000192. The number of hydrogen-bond donors (Lipinski definition) is 4. The van der Waals surface area contributed by atoms with Crippen molar-refractivity contribution >= 4 is 104 Å². The first-order valence-corrected chi connectivity index (χ1v) is 54.3. The molecule has 12 nitrogen and oxygen atoms in total. The number of halogens is 2. The fourth-order valence-electron chi connectivity index (χ4n) is 19.6. The number of aliphatic hydroxyl groups is 4. The SMILES string of the molecule is Cc1cc(-c2cc(C(C)(C)C)ccc2[OH+]CCC[OH+]c2ccc(C(C)(C)C)cc2-c2cc(C)cc(-n3c4ccccc4c4ccccc43)c2O)c(O)c(-n2c3ccccc3c3ccccc32)c1.Cc1cc(-c2cc(C(C)(C)C)ccc2[OH+]CCC[OH+]c2ccc(C(C)(C)C)cc2-c2cc(C)cc(-n3c4ccccc4c4ccccc43)c2O)c(O)c(-n2c3ccccc3c3ccccc32)c1.[CH2-]C.[Cl][Zr][Cl].[Zr]. The standard InChI is InChI=1S/2C61H58N2O4.C2H5.2ClH.2Zr/c2*1-38-32-48(58(64)54(34-38)62-50-22-13-9-18-42(50)43-19-10-14-23-51(43)62)46-36-40(60(3,4)5)26-28-56(46)66-30-17-31-67-57-29-27-41(61(6,7)8)37-47(57)49-33-39(2)35-55(59(49)65)63-52-24-15-11-20-44(52)45-21-12-16-25-53(45)63;1-2;;;;/h2*9-16,18-29,32-37,64-65H,17,30-31H2,1-8H3;1H2,2H3;2*1H;;/q;;-1;;;;+2/p+2. The van der Waals surface area contributed by atoms with Gasteiger partial charge in [-0.3, -0.25) is 0 Å². The van der Waals surface area contributed by atoms with Crippen LogP contribution in [0.2, 0.25) is 0 Å². The molecule has 0 atom stereocenters. The number of phenolic OH excluding ortho intramolecular Hbond substituents is 4. The Kier molecular flexibility index (Phi) is 29.9. The summed E-state index contributed by atoms with van der Waals surface area (Å²) in [5.41, 5.74) is 26.4. The number of ether oxygens (including phenoxy) is 4. The third-order valence-corrected chi connectivity index (χ3v) is 26.6. The number of para-hydroxylation sites is 8. The van der Waals surface area contributed by atoms with E-state index in [1.165, 1.54) is 22.3 Å². The van der Waals surface area contributed by atoms with Gasteiger partial charge < -0.3 is 64.6 Å². The molecule has 0 saturated heterocycles. The van der Waals surface area contributed by atoms with E-state index in [-0.39, 0.29) is 70.9 Å². The van der Waals surface area contributed by atoms with E-state index < -0.39 is 20.8 Å². The predicted octanol–water partition coefficient (Wildman–Crippen LogP) is 33.0. The van der Waals surface area contributed by atoms with Gasteiger partial charge >= 0.3 is 37.9 Å². The van der Waals surface area contributed by atoms with Gasteiger partial charge in [0, 0.05) is 116 Å². The van der Waals surface area contributed by atoms with Crippen LogP contribution in [0.15, 0.2) is 315 Å². The monoisotopic (exact) mass is 2050 g/mol. The van der Waals surface area contributed by atoms with E-state index >= 15 is 0 Å². The van der Waals surface area contributed by atoms with Gasteiger partial charge in [0.25, 0.3) is 23.0 Å². The van der Waals surface area contributed by atoms with Crippen LogP contribution in [0.25, 0.3) is 154 Å². The number of aromatic hydroxyl groups is 8. The minimum atomic E-state index is -0.826. The van der Waals surface area contributed by atoms with E-state index in [0.29, 0.717) is 39.3 Å². The van der Waals surface area contributed by atoms with Crippen LogP contribution in [0.3, 0.4) is 0 Å². The van der Waals surface area contributed by atoms with Gasteiger partial charge in [0.1, 0.15) is 35.8 Å². The van der Waals surface area contributed by atoms with Crippen LogP contribution in [0.4, 0.5) is 0 Å². The summed E-state index contributed by atoms with van der Waals surface area (Å²) in [5, 5.41) is 58.8. The average Bonchev–Trinajstić information content (AvgIpc) is 1.62. The molecule has 0 spiro atoms. The first-order valence-electron chi connectivity index (χ1n) is 48.0. The quantitative estimate of drug-likeness (QED) is 0.0341. The molecule has 16 aromatic carbocycles. The number of nitrogens with zero attached hydrogens (tertiary/aromatic N) is 4. The average molecular weight is 2050 g/mol. The molecular weight excluding hydrogens is 1930 g/mol. The van der Waals surface area contributed by atoms with Crippen molar-refractivity contribution in [1.82, 2.24) is 18.3 Å². The second-order valence-electron chi connectivity index (χ2n) is 40.4. The van der Waals surface area contributed by atoms with Crippen LogP contribution in [0.5, 0.6) is 46.0 Å². The van der Waals surface area contributed by atoms with Crippen molar-refractivity contribution in [2.24, 2.45) is 0 Å².